The summed E-state index contributed by atoms with van der Waals surface area (Å²) in [5.74, 6) is -3.71. The maximum atomic E-state index is 14.0. The van der Waals surface area contributed by atoms with Crippen molar-refractivity contribution in [2.24, 2.45) is 0 Å². The lowest BCUT2D eigenvalue weighted by Crippen LogP contribution is -2.43. The predicted octanol–water partition coefficient (Wildman–Crippen LogP) is 4.13. The average Bonchev–Trinajstić information content (AvgIpc) is 2.73. The van der Waals surface area contributed by atoms with Crippen molar-refractivity contribution in [1.29, 1.82) is 0 Å². The zero-order valence-corrected chi connectivity index (χ0v) is 13.1. The molecule has 1 N–H and O–H groups in total. The second kappa shape index (κ2) is 5.40. The van der Waals surface area contributed by atoms with Crippen LogP contribution in [0.1, 0.15) is 19.3 Å². The minimum atomic E-state index is -2.89. The van der Waals surface area contributed by atoms with Gasteiger partial charge in [0.25, 0.3) is 5.92 Å². The highest BCUT2D eigenvalue weighted by Gasteiger charge is 2.42. The molecule has 21 heavy (non-hydrogen) atoms. The van der Waals surface area contributed by atoms with Crippen LogP contribution in [0.5, 0.6) is 5.75 Å². The second-order valence-corrected chi connectivity index (χ2v) is 7.35. The van der Waals surface area contributed by atoms with E-state index in [9.17, 15) is 18.3 Å². The summed E-state index contributed by atoms with van der Waals surface area (Å²) in [5.41, 5.74) is 0.464. The molecule has 1 aliphatic rings. The van der Waals surface area contributed by atoms with Gasteiger partial charge in [-0.25, -0.2) is 18.2 Å². The Morgan fingerprint density at radius 3 is 2.95 bits per heavy atom. The number of rotatable bonds is 2. The summed E-state index contributed by atoms with van der Waals surface area (Å²) in [7, 11) is 0. The van der Waals surface area contributed by atoms with Crippen LogP contribution in [0.25, 0.3) is 10.2 Å². The molecule has 1 fully saturated rings. The van der Waals surface area contributed by atoms with Crippen LogP contribution in [-0.4, -0.2) is 28.2 Å². The summed E-state index contributed by atoms with van der Waals surface area (Å²) in [6, 6.07) is 2.62. The third kappa shape index (κ3) is 3.17. The Labute approximate surface area is 130 Å². The molecule has 1 aliphatic carbocycles. The quantitative estimate of drug-likeness (QED) is 0.850. The summed E-state index contributed by atoms with van der Waals surface area (Å²) in [4.78, 5) is 4.07. The number of fused-ring (bicyclic) bond motifs is 1. The number of aliphatic hydroxyl groups excluding tert-OH is 1. The van der Waals surface area contributed by atoms with Crippen LogP contribution in [0, 0.1) is 5.82 Å². The Bertz CT molecular complexity index is 679. The van der Waals surface area contributed by atoms with Gasteiger partial charge in [-0.05, 0) is 22.4 Å². The van der Waals surface area contributed by atoms with Gasteiger partial charge in [0.1, 0.15) is 6.10 Å². The van der Waals surface area contributed by atoms with Gasteiger partial charge < -0.3 is 9.84 Å². The maximum absolute atomic E-state index is 14.0. The van der Waals surface area contributed by atoms with Crippen LogP contribution in [0.3, 0.4) is 0 Å². The number of nitrogens with zero attached hydrogens (tertiary/aromatic N) is 1. The topological polar surface area (TPSA) is 42.4 Å². The van der Waals surface area contributed by atoms with Crippen LogP contribution in [0.2, 0.25) is 0 Å². The normalized spacial score (nSPS) is 25.2. The molecule has 0 saturated heterocycles. The lowest BCUT2D eigenvalue weighted by Gasteiger charge is -2.33. The lowest BCUT2D eigenvalue weighted by atomic mass is 9.91. The largest absolute Gasteiger partial charge is 0.484 e. The molecule has 0 radical (unpaired) electrons. The summed E-state index contributed by atoms with van der Waals surface area (Å²) in [6.45, 7) is 0. The fourth-order valence-electron chi connectivity index (χ4n) is 2.35. The molecule has 1 saturated carbocycles. The van der Waals surface area contributed by atoms with E-state index in [4.69, 9.17) is 4.74 Å². The molecular formula is C13H11BrF3NO2S. The van der Waals surface area contributed by atoms with Gasteiger partial charge >= 0.3 is 0 Å². The molecule has 0 unspecified atom stereocenters. The van der Waals surface area contributed by atoms with Gasteiger partial charge in [-0.1, -0.05) is 0 Å². The predicted molar refractivity (Wildman–Crippen MR) is 76.5 cm³/mol. The molecule has 0 bridgehead atoms. The molecule has 3 rings (SSSR count). The van der Waals surface area contributed by atoms with E-state index in [1.54, 1.807) is 0 Å². The van der Waals surface area contributed by atoms with Crippen molar-refractivity contribution in [3.8, 4) is 5.75 Å². The molecule has 1 aromatic heterocycles. The highest BCUT2D eigenvalue weighted by Crippen LogP contribution is 2.37. The number of benzene rings is 1. The van der Waals surface area contributed by atoms with Crippen LogP contribution in [0.15, 0.2) is 16.0 Å². The highest BCUT2D eigenvalue weighted by atomic mass is 79.9. The van der Waals surface area contributed by atoms with Crippen molar-refractivity contribution in [2.75, 3.05) is 0 Å². The van der Waals surface area contributed by atoms with Gasteiger partial charge in [-0.2, -0.15) is 0 Å². The van der Waals surface area contributed by atoms with E-state index in [1.807, 2.05) is 0 Å². The number of alkyl halides is 2. The number of halogens is 4. The second-order valence-electron chi connectivity index (χ2n) is 5.04. The Balaban J connectivity index is 1.88. The Morgan fingerprint density at radius 2 is 2.19 bits per heavy atom. The molecule has 1 aromatic carbocycles. The minimum absolute atomic E-state index is 0.0619. The van der Waals surface area contributed by atoms with Gasteiger partial charge in [-0.3, -0.25) is 0 Å². The van der Waals surface area contributed by atoms with Crippen molar-refractivity contribution in [1.82, 2.24) is 4.98 Å². The molecule has 2 aromatic rings. The van der Waals surface area contributed by atoms with E-state index < -0.39 is 30.4 Å². The SMILES string of the molecule is O[C@H]1CCC(F)(F)C[C@H]1Oc1cc2sc(Br)nc2cc1F. The van der Waals surface area contributed by atoms with Crippen molar-refractivity contribution in [2.45, 2.75) is 37.4 Å². The molecular weight excluding hydrogens is 371 g/mol. The van der Waals surface area contributed by atoms with E-state index in [1.165, 1.54) is 23.5 Å². The van der Waals surface area contributed by atoms with Gasteiger partial charge in [0.15, 0.2) is 15.5 Å². The minimum Gasteiger partial charge on any atom is -0.484 e. The fraction of sp³-hybridized carbons (Fsp3) is 0.462. The number of aromatic nitrogens is 1. The first-order valence-electron chi connectivity index (χ1n) is 6.32. The van der Waals surface area contributed by atoms with Crippen molar-refractivity contribution in [3.63, 3.8) is 0 Å². The number of hydrogen-bond acceptors (Lipinski definition) is 4. The third-order valence-corrected chi connectivity index (χ3v) is 4.90. The summed E-state index contributed by atoms with van der Waals surface area (Å²) >= 11 is 4.49. The average molecular weight is 382 g/mol. The molecule has 8 heteroatoms. The van der Waals surface area contributed by atoms with Crippen LogP contribution in [-0.2, 0) is 0 Å². The summed E-state index contributed by atoms with van der Waals surface area (Å²) in [6.07, 6.45) is -3.19. The van der Waals surface area contributed by atoms with Gasteiger partial charge in [0.05, 0.1) is 22.7 Å². The van der Waals surface area contributed by atoms with E-state index >= 15 is 0 Å². The van der Waals surface area contributed by atoms with Gasteiger partial charge in [0, 0.05) is 18.6 Å². The van der Waals surface area contributed by atoms with E-state index in [0.29, 0.717) is 14.1 Å². The zero-order chi connectivity index (χ0) is 15.2. The Hall–Kier alpha value is -0.860. The van der Waals surface area contributed by atoms with Gasteiger partial charge in [-0.15, -0.1) is 11.3 Å². The van der Waals surface area contributed by atoms with E-state index in [-0.39, 0.29) is 18.6 Å². The monoisotopic (exact) mass is 381 g/mol. The first kappa shape index (κ1) is 15.1. The fourth-order valence-corrected chi connectivity index (χ4v) is 3.77. The number of hydrogen-bond donors (Lipinski definition) is 1. The molecule has 1 heterocycles. The van der Waals surface area contributed by atoms with E-state index in [2.05, 4.69) is 20.9 Å². The van der Waals surface area contributed by atoms with Crippen LogP contribution in [0.4, 0.5) is 13.2 Å². The van der Waals surface area contributed by atoms with Crippen LogP contribution >= 0.6 is 27.3 Å². The number of ether oxygens (including phenoxy) is 1. The zero-order valence-electron chi connectivity index (χ0n) is 10.7. The lowest BCUT2D eigenvalue weighted by molar-refractivity contribution is -0.114. The summed E-state index contributed by atoms with van der Waals surface area (Å²) in [5, 5.41) is 9.77. The number of thiazole rings is 1. The maximum Gasteiger partial charge on any atom is 0.251 e. The smallest absolute Gasteiger partial charge is 0.251 e. The molecule has 114 valence electrons. The molecule has 0 amide bonds. The molecule has 2 atom stereocenters. The summed E-state index contributed by atoms with van der Waals surface area (Å²) < 4.78 is 47.3. The third-order valence-electron chi connectivity index (χ3n) is 3.43. The van der Waals surface area contributed by atoms with E-state index in [0.717, 1.165) is 0 Å². The first-order chi connectivity index (χ1) is 9.84. The van der Waals surface area contributed by atoms with Crippen LogP contribution < -0.4 is 4.74 Å². The standard InChI is InChI=1S/C13H11BrF3NO2S/c14-12-18-7-3-6(15)9(4-11(7)21-12)20-10-5-13(16,17)2-1-8(10)19/h3-4,8,10,19H,1-2,5H2/t8-,10+/m0/s1. The van der Waals surface area contributed by atoms with Crippen molar-refractivity contribution < 1.29 is 23.0 Å². The molecule has 3 nitrogen and oxygen atoms in total. The van der Waals surface area contributed by atoms with Gasteiger partial charge in [0.2, 0.25) is 0 Å². The highest BCUT2D eigenvalue weighted by molar-refractivity contribution is 9.11. The Morgan fingerprint density at radius 1 is 1.43 bits per heavy atom. The number of aliphatic hydroxyl groups is 1. The first-order valence-corrected chi connectivity index (χ1v) is 7.93. The molecule has 0 aliphatic heterocycles. The van der Waals surface area contributed by atoms with Crippen molar-refractivity contribution >= 4 is 37.5 Å². The Kier molecular flexibility index (Phi) is 3.87. The molecule has 0 spiro atoms. The van der Waals surface area contributed by atoms with Crippen molar-refractivity contribution in [3.05, 3.63) is 21.9 Å².